The number of nitrogens with one attached hydrogen (secondary N) is 3. The summed E-state index contributed by atoms with van der Waals surface area (Å²) in [5.41, 5.74) is 2.47. The number of aryl methyl sites for hydroxylation is 1. The second kappa shape index (κ2) is 15.0. The average Bonchev–Trinajstić information content (AvgIpc) is 3.65. The number of ether oxygens (including phenoxy) is 1. The van der Waals surface area contributed by atoms with E-state index in [1.165, 1.54) is 4.68 Å². The van der Waals surface area contributed by atoms with Gasteiger partial charge in [0.2, 0.25) is 17.7 Å². The van der Waals surface area contributed by atoms with Crippen molar-refractivity contribution in [1.29, 1.82) is 0 Å². The molecule has 12 heteroatoms. The highest BCUT2D eigenvalue weighted by Gasteiger charge is 2.30. The number of benzene rings is 2. The van der Waals surface area contributed by atoms with Crippen LogP contribution >= 0.6 is 0 Å². The Morgan fingerprint density at radius 3 is 2.57 bits per heavy atom. The van der Waals surface area contributed by atoms with Gasteiger partial charge in [-0.1, -0.05) is 44.2 Å². The van der Waals surface area contributed by atoms with Crippen LogP contribution in [-0.2, 0) is 33.8 Å². The topological polar surface area (TPSA) is 148 Å². The van der Waals surface area contributed by atoms with Crippen LogP contribution in [0.25, 0.3) is 0 Å². The largest absolute Gasteiger partial charge is 0.493 e. The van der Waals surface area contributed by atoms with E-state index in [-0.39, 0.29) is 42.5 Å². The second-order valence-corrected chi connectivity index (χ2v) is 12.2. The van der Waals surface area contributed by atoms with E-state index in [2.05, 4.69) is 26.0 Å². The van der Waals surface area contributed by atoms with Crippen LogP contribution in [0.5, 0.6) is 5.75 Å². The minimum atomic E-state index is -0.845. The van der Waals surface area contributed by atoms with Gasteiger partial charge >= 0.3 is 0 Å². The molecule has 0 aliphatic carbocycles. The van der Waals surface area contributed by atoms with Crippen LogP contribution in [-0.4, -0.2) is 75.6 Å². The van der Waals surface area contributed by atoms with Gasteiger partial charge in [-0.15, -0.1) is 0 Å². The van der Waals surface area contributed by atoms with Crippen molar-refractivity contribution in [3.8, 4) is 5.75 Å². The zero-order valence-electron chi connectivity index (χ0n) is 26.8. The molecule has 0 saturated heterocycles. The van der Waals surface area contributed by atoms with Gasteiger partial charge < -0.3 is 25.6 Å². The lowest BCUT2D eigenvalue weighted by molar-refractivity contribution is -0.129. The highest BCUT2D eigenvalue weighted by Crippen LogP contribution is 2.26. The number of rotatable bonds is 4. The van der Waals surface area contributed by atoms with Crippen LogP contribution in [0.4, 0.5) is 0 Å². The van der Waals surface area contributed by atoms with Crippen molar-refractivity contribution >= 4 is 23.6 Å². The fourth-order valence-corrected chi connectivity index (χ4v) is 5.86. The Morgan fingerprint density at radius 2 is 1.78 bits per heavy atom. The predicted molar refractivity (Wildman–Crippen MR) is 171 cm³/mol. The molecule has 0 saturated carbocycles. The van der Waals surface area contributed by atoms with E-state index in [1.807, 2.05) is 56.3 Å². The maximum Gasteiger partial charge on any atom is 0.253 e. The molecular weight excluding hydrogens is 586 g/mol. The number of fused-ring (bicyclic) bond motifs is 2. The highest BCUT2D eigenvalue weighted by atomic mass is 16.5. The molecule has 0 unspecified atom stereocenters. The summed E-state index contributed by atoms with van der Waals surface area (Å²) in [5, 5.41) is 13.4. The van der Waals surface area contributed by atoms with Crippen LogP contribution in [0.1, 0.15) is 72.3 Å². The molecular formula is C34H43N7O5. The zero-order valence-corrected chi connectivity index (χ0v) is 26.8. The number of amides is 4. The molecule has 244 valence electrons. The van der Waals surface area contributed by atoms with Gasteiger partial charge in [0, 0.05) is 44.5 Å². The number of carbonyl (C=O) groups excluding carboxylic acids is 4. The predicted octanol–water partition coefficient (Wildman–Crippen LogP) is 2.50. The molecule has 0 fully saturated rings. The molecule has 5 rings (SSSR count). The van der Waals surface area contributed by atoms with Crippen molar-refractivity contribution in [2.24, 2.45) is 5.92 Å². The molecule has 0 bridgehead atoms. The summed E-state index contributed by atoms with van der Waals surface area (Å²) >= 11 is 0. The van der Waals surface area contributed by atoms with Crippen LogP contribution in [0.15, 0.2) is 48.5 Å². The Hall–Kier alpha value is -4.74. The quantitative estimate of drug-likeness (QED) is 0.402. The summed E-state index contributed by atoms with van der Waals surface area (Å²) in [6.45, 7) is 7.29. The first-order chi connectivity index (χ1) is 22.2. The van der Waals surface area contributed by atoms with Crippen molar-refractivity contribution in [2.75, 3.05) is 26.2 Å². The molecule has 0 radical (unpaired) electrons. The third-order valence-electron chi connectivity index (χ3n) is 8.26. The smallest absolute Gasteiger partial charge is 0.253 e. The van der Waals surface area contributed by atoms with Crippen LogP contribution in [0, 0.1) is 12.8 Å². The number of aromatic nitrogens is 3. The molecule has 2 aromatic carbocycles. The van der Waals surface area contributed by atoms with E-state index >= 15 is 0 Å². The van der Waals surface area contributed by atoms with Crippen LogP contribution in [0.3, 0.4) is 0 Å². The SMILES string of the molecule is Cc1nc2n(n1)CC(=O)NCCCN(C(=O)c1ccc3c(c1)CCO3)CCCC(=O)N[C@H](Cc1ccccc1)C(=O)N[C@H]2C(C)C. The number of hydrogen-bond donors (Lipinski definition) is 3. The molecule has 2 aliphatic heterocycles. The van der Waals surface area contributed by atoms with Gasteiger partial charge in [-0.2, -0.15) is 5.10 Å². The molecule has 1 aromatic heterocycles. The van der Waals surface area contributed by atoms with Gasteiger partial charge in [0.15, 0.2) is 5.82 Å². The number of hydrogen-bond acceptors (Lipinski definition) is 7. The lowest BCUT2D eigenvalue weighted by Crippen LogP contribution is -2.50. The Balaban J connectivity index is 1.39. The van der Waals surface area contributed by atoms with E-state index in [0.717, 1.165) is 23.3 Å². The Kier molecular flexibility index (Phi) is 10.7. The maximum absolute atomic E-state index is 13.8. The minimum absolute atomic E-state index is 0.0702. The molecule has 46 heavy (non-hydrogen) atoms. The van der Waals surface area contributed by atoms with Gasteiger partial charge in [0.05, 0.1) is 12.6 Å². The Morgan fingerprint density at radius 1 is 1.00 bits per heavy atom. The highest BCUT2D eigenvalue weighted by molar-refractivity contribution is 5.94. The van der Waals surface area contributed by atoms with Crippen LogP contribution in [0.2, 0.25) is 0 Å². The van der Waals surface area contributed by atoms with E-state index in [9.17, 15) is 19.2 Å². The second-order valence-electron chi connectivity index (χ2n) is 12.2. The molecule has 3 N–H and O–H groups in total. The molecule has 3 aromatic rings. The normalized spacial score (nSPS) is 20.0. The zero-order chi connectivity index (χ0) is 32.6. The molecule has 2 aliphatic rings. The van der Waals surface area contributed by atoms with Gasteiger partial charge in [0.25, 0.3) is 5.91 Å². The standard InChI is InChI=1S/C34H43N7O5/c1-22(2)31-32-36-23(3)39-41(32)21-30(43)35-15-8-17-40(34(45)26-12-13-28-25(20-26)14-18-46-28)16-7-11-29(42)37-27(33(44)38-31)19-24-9-5-4-6-10-24/h4-6,9-10,12-13,20,22,27,31H,7-8,11,14-19,21H2,1-3H3,(H,35,43)(H,37,42)(H,38,44)/t27-,31+/m1/s1. The summed E-state index contributed by atoms with van der Waals surface area (Å²) in [6.07, 6.45) is 2.13. The van der Waals surface area contributed by atoms with Gasteiger partial charge in [-0.25, -0.2) is 9.67 Å². The van der Waals surface area contributed by atoms with Crippen molar-refractivity contribution in [1.82, 2.24) is 35.6 Å². The maximum atomic E-state index is 13.8. The number of carbonyl (C=O) groups is 4. The molecule has 0 spiro atoms. The first-order valence-electron chi connectivity index (χ1n) is 16.0. The molecule has 12 nitrogen and oxygen atoms in total. The molecule has 3 heterocycles. The van der Waals surface area contributed by atoms with E-state index in [0.29, 0.717) is 62.7 Å². The van der Waals surface area contributed by atoms with E-state index in [4.69, 9.17) is 4.74 Å². The Bertz CT molecular complexity index is 1550. The monoisotopic (exact) mass is 629 g/mol. The van der Waals surface area contributed by atoms with Gasteiger partial charge in [-0.05, 0) is 55.0 Å². The summed E-state index contributed by atoms with van der Waals surface area (Å²) < 4.78 is 7.12. The van der Waals surface area contributed by atoms with Crippen molar-refractivity contribution < 1.29 is 23.9 Å². The van der Waals surface area contributed by atoms with Crippen molar-refractivity contribution in [3.05, 3.63) is 76.9 Å². The van der Waals surface area contributed by atoms with E-state index in [1.54, 1.807) is 17.9 Å². The summed E-state index contributed by atoms with van der Waals surface area (Å²) in [6, 6.07) is 13.6. The third kappa shape index (κ3) is 8.29. The summed E-state index contributed by atoms with van der Waals surface area (Å²) in [4.78, 5) is 60.0. The molecule has 2 atom stereocenters. The van der Waals surface area contributed by atoms with Crippen molar-refractivity contribution in [3.63, 3.8) is 0 Å². The fraction of sp³-hybridized carbons (Fsp3) is 0.471. The third-order valence-corrected chi connectivity index (χ3v) is 8.26. The van der Waals surface area contributed by atoms with Crippen LogP contribution < -0.4 is 20.7 Å². The van der Waals surface area contributed by atoms with Gasteiger partial charge in [0.1, 0.15) is 24.2 Å². The first kappa shape index (κ1) is 32.6. The fourth-order valence-electron chi connectivity index (χ4n) is 5.86. The lowest BCUT2D eigenvalue weighted by atomic mass is 10.0. The first-order valence-corrected chi connectivity index (χ1v) is 16.0. The minimum Gasteiger partial charge on any atom is -0.493 e. The number of nitrogens with zero attached hydrogens (tertiary/aromatic N) is 4. The van der Waals surface area contributed by atoms with Gasteiger partial charge in [-0.3, -0.25) is 19.2 Å². The van der Waals surface area contributed by atoms with Crippen molar-refractivity contribution in [2.45, 2.75) is 71.5 Å². The summed E-state index contributed by atoms with van der Waals surface area (Å²) in [7, 11) is 0. The summed E-state index contributed by atoms with van der Waals surface area (Å²) in [5.74, 6) is 0.669. The average molecular weight is 630 g/mol. The van der Waals surface area contributed by atoms with E-state index < -0.39 is 12.1 Å². The lowest BCUT2D eigenvalue weighted by Gasteiger charge is -2.26. The Labute approximate surface area is 269 Å². The molecule has 4 amide bonds.